The van der Waals surface area contributed by atoms with Crippen LogP contribution >= 0.6 is 8.96 Å². The average Bonchev–Trinajstić information content (AvgIpc) is 2.08. The first-order valence-electron chi connectivity index (χ1n) is 2.20. The van der Waals surface area contributed by atoms with Gasteiger partial charge in [-0.1, -0.05) is 3.89 Å². The molecule has 0 aliphatic carbocycles. The molecule has 1 aliphatic rings. The molecule has 1 saturated heterocycles. The fourth-order valence-electron chi connectivity index (χ4n) is 0.445. The summed E-state index contributed by atoms with van der Waals surface area (Å²) in [5.74, 6) is 0. The van der Waals surface area contributed by atoms with Gasteiger partial charge in [0.15, 0.2) is 0 Å². The molecule has 4 nitrogen and oxygen atoms in total. The lowest BCUT2D eigenvalue weighted by molar-refractivity contribution is 0.402. The number of nitrogens with zero attached hydrogens (tertiary/aromatic N) is 1. The Balaban J connectivity index is 2.63. The SMILES string of the molecule is O=S(=O)(F)N1CCOP1. The zero-order chi connectivity index (χ0) is 6.91. The number of hydrogen-bond donors (Lipinski definition) is 0. The van der Waals surface area contributed by atoms with Gasteiger partial charge in [-0.2, -0.15) is 8.42 Å². The summed E-state index contributed by atoms with van der Waals surface area (Å²) in [7, 11) is -4.86. The lowest BCUT2D eigenvalue weighted by Gasteiger charge is -2.02. The minimum absolute atomic E-state index is 0.136. The van der Waals surface area contributed by atoms with Gasteiger partial charge in [0.1, 0.15) is 8.96 Å². The van der Waals surface area contributed by atoms with Crippen molar-refractivity contribution in [2.75, 3.05) is 13.2 Å². The fourth-order valence-corrected chi connectivity index (χ4v) is 1.76. The molecule has 0 aromatic rings. The summed E-state index contributed by atoms with van der Waals surface area (Å²) >= 11 is 0. The van der Waals surface area contributed by atoms with Crippen LogP contribution in [0.5, 0.6) is 0 Å². The molecule has 0 spiro atoms. The minimum atomic E-state index is -4.48. The molecule has 0 saturated carbocycles. The molecule has 1 rings (SSSR count). The van der Waals surface area contributed by atoms with Crippen molar-refractivity contribution in [1.29, 1.82) is 0 Å². The van der Waals surface area contributed by atoms with Crippen LogP contribution in [0.4, 0.5) is 3.89 Å². The van der Waals surface area contributed by atoms with Crippen molar-refractivity contribution in [3.8, 4) is 0 Å². The molecule has 0 N–H and O–H groups in total. The number of rotatable bonds is 1. The number of hydrogen-bond acceptors (Lipinski definition) is 3. The molecule has 1 aliphatic heterocycles. The third kappa shape index (κ3) is 1.82. The van der Waals surface area contributed by atoms with Gasteiger partial charge in [0, 0.05) is 6.54 Å². The summed E-state index contributed by atoms with van der Waals surface area (Å²) in [6.07, 6.45) is 0. The summed E-state index contributed by atoms with van der Waals surface area (Å²) in [5, 5.41) is 0. The molecule has 7 heteroatoms. The molecule has 9 heavy (non-hydrogen) atoms. The predicted octanol–water partition coefficient (Wildman–Crippen LogP) is 0.0414. The van der Waals surface area contributed by atoms with Crippen molar-refractivity contribution in [2.45, 2.75) is 0 Å². The Morgan fingerprint density at radius 3 is 2.56 bits per heavy atom. The lowest BCUT2D eigenvalue weighted by Crippen LogP contribution is -2.16. The van der Waals surface area contributed by atoms with Crippen LogP contribution in [-0.4, -0.2) is 25.6 Å². The topological polar surface area (TPSA) is 46.6 Å². The first kappa shape index (κ1) is 7.34. The summed E-state index contributed by atoms with van der Waals surface area (Å²) < 4.78 is 37.2. The molecule has 0 radical (unpaired) electrons. The zero-order valence-corrected chi connectivity index (χ0v) is 6.19. The molecule has 0 bridgehead atoms. The van der Waals surface area contributed by atoms with Crippen LogP contribution < -0.4 is 0 Å². The Morgan fingerprint density at radius 2 is 2.33 bits per heavy atom. The first-order valence-corrected chi connectivity index (χ1v) is 4.40. The number of halogens is 1. The van der Waals surface area contributed by atoms with E-state index in [-0.39, 0.29) is 15.5 Å². The Morgan fingerprint density at radius 1 is 1.67 bits per heavy atom. The summed E-state index contributed by atoms with van der Waals surface area (Å²) in [6, 6.07) is 0. The summed E-state index contributed by atoms with van der Waals surface area (Å²) in [4.78, 5) is 0. The fraction of sp³-hybridized carbons (Fsp3) is 1.00. The largest absolute Gasteiger partial charge is 0.379 e. The third-order valence-corrected chi connectivity index (χ3v) is 3.17. The van der Waals surface area contributed by atoms with E-state index in [2.05, 4.69) is 4.52 Å². The second-order valence-electron chi connectivity index (χ2n) is 1.45. The first-order chi connectivity index (χ1) is 4.11. The molecule has 1 unspecified atom stereocenters. The van der Waals surface area contributed by atoms with Crippen LogP contribution in [0, 0.1) is 0 Å². The quantitative estimate of drug-likeness (QED) is 0.415. The van der Waals surface area contributed by atoms with Gasteiger partial charge in [0.05, 0.1) is 6.61 Å². The van der Waals surface area contributed by atoms with Crippen LogP contribution in [0.15, 0.2) is 0 Å². The Kier molecular flexibility index (Phi) is 2.00. The second-order valence-corrected chi connectivity index (χ2v) is 4.05. The minimum Gasteiger partial charge on any atom is -0.344 e. The van der Waals surface area contributed by atoms with Crippen molar-refractivity contribution in [3.63, 3.8) is 0 Å². The van der Waals surface area contributed by atoms with E-state index in [4.69, 9.17) is 0 Å². The second kappa shape index (κ2) is 2.46. The van der Waals surface area contributed by atoms with E-state index in [1.807, 2.05) is 0 Å². The highest BCUT2D eigenvalue weighted by molar-refractivity contribution is 7.87. The van der Waals surface area contributed by atoms with Crippen LogP contribution in [0.3, 0.4) is 0 Å². The smallest absolute Gasteiger partial charge is 0.344 e. The van der Waals surface area contributed by atoms with Gasteiger partial charge < -0.3 is 4.52 Å². The van der Waals surface area contributed by atoms with Crippen LogP contribution in [0.25, 0.3) is 0 Å². The van der Waals surface area contributed by atoms with Crippen LogP contribution in [0.1, 0.15) is 0 Å². The Bertz CT molecular complexity index is 186. The summed E-state index contributed by atoms with van der Waals surface area (Å²) in [5.41, 5.74) is 0. The van der Waals surface area contributed by atoms with E-state index in [1.54, 1.807) is 0 Å². The molecule has 1 heterocycles. The van der Waals surface area contributed by atoms with E-state index in [0.717, 1.165) is 0 Å². The molecule has 0 aromatic carbocycles. The van der Waals surface area contributed by atoms with Crippen LogP contribution in [-0.2, 0) is 14.9 Å². The highest BCUT2D eigenvalue weighted by atomic mass is 32.3. The van der Waals surface area contributed by atoms with E-state index >= 15 is 0 Å². The van der Waals surface area contributed by atoms with Gasteiger partial charge in [-0.05, 0) is 0 Å². The molecule has 1 fully saturated rings. The Hall–Kier alpha value is 0.230. The van der Waals surface area contributed by atoms with E-state index < -0.39 is 10.4 Å². The van der Waals surface area contributed by atoms with Crippen molar-refractivity contribution < 1.29 is 16.8 Å². The van der Waals surface area contributed by atoms with Crippen molar-refractivity contribution in [2.24, 2.45) is 0 Å². The zero-order valence-electron chi connectivity index (χ0n) is 4.37. The van der Waals surface area contributed by atoms with Gasteiger partial charge in [-0.3, -0.25) is 0 Å². The highest BCUT2D eigenvalue weighted by Gasteiger charge is 2.25. The van der Waals surface area contributed by atoms with Gasteiger partial charge in [-0.15, -0.1) is 4.08 Å². The van der Waals surface area contributed by atoms with E-state index in [0.29, 0.717) is 10.7 Å². The van der Waals surface area contributed by atoms with Gasteiger partial charge in [0.2, 0.25) is 0 Å². The van der Waals surface area contributed by atoms with Crippen molar-refractivity contribution >= 4 is 19.4 Å². The standard InChI is InChI=1S/C2H5FNO3PS/c3-9(5,6)4-1-2-7-8-4/h8H,1-2H2. The molecule has 0 amide bonds. The predicted molar refractivity (Wildman–Crippen MR) is 31.0 cm³/mol. The molecule has 1 atom stereocenters. The molecular formula is C2H5FNO3PS. The lowest BCUT2D eigenvalue weighted by atomic mass is 10.8. The van der Waals surface area contributed by atoms with Gasteiger partial charge in [-0.25, -0.2) is 0 Å². The van der Waals surface area contributed by atoms with E-state index in [9.17, 15) is 12.3 Å². The highest BCUT2D eigenvalue weighted by Crippen LogP contribution is 2.29. The third-order valence-electron chi connectivity index (χ3n) is 0.826. The monoisotopic (exact) mass is 173 g/mol. The van der Waals surface area contributed by atoms with Crippen molar-refractivity contribution in [1.82, 2.24) is 4.08 Å². The van der Waals surface area contributed by atoms with E-state index in [1.165, 1.54) is 0 Å². The van der Waals surface area contributed by atoms with Crippen LogP contribution in [0.2, 0.25) is 0 Å². The maximum absolute atomic E-state index is 11.9. The molecule has 54 valence electrons. The summed E-state index contributed by atoms with van der Waals surface area (Å²) in [6.45, 7) is 0.429. The van der Waals surface area contributed by atoms with Gasteiger partial charge >= 0.3 is 10.4 Å². The average molecular weight is 173 g/mol. The van der Waals surface area contributed by atoms with Gasteiger partial charge in [0.25, 0.3) is 0 Å². The normalized spacial score (nSPS) is 25.4. The maximum atomic E-state index is 11.9. The molecular weight excluding hydrogens is 168 g/mol. The van der Waals surface area contributed by atoms with Crippen molar-refractivity contribution in [3.05, 3.63) is 0 Å². The molecule has 0 aromatic heterocycles. The maximum Gasteiger partial charge on any atom is 0.379 e. The Labute approximate surface area is 54.3 Å².